The van der Waals surface area contributed by atoms with Gasteiger partial charge in [-0.25, -0.2) is 0 Å². The zero-order valence-electron chi connectivity index (χ0n) is 8.40. The molecule has 14 heavy (non-hydrogen) atoms. The zero-order valence-corrected chi connectivity index (χ0v) is 8.40. The fraction of sp³-hybridized carbons (Fsp3) is 0.273. The third-order valence-electron chi connectivity index (χ3n) is 1.88. The molecule has 0 saturated heterocycles. The molecule has 0 radical (unpaired) electrons. The smallest absolute Gasteiger partial charge is 0.244 e. The van der Waals surface area contributed by atoms with Crippen LogP contribution in [0.1, 0.15) is 25.5 Å². The molecule has 3 nitrogen and oxygen atoms in total. The first-order valence-corrected chi connectivity index (χ1v) is 4.57. The number of hydrogen-bond donors (Lipinski definition) is 1. The zero-order chi connectivity index (χ0) is 10.4. The largest absolute Gasteiger partial charge is 0.346 e. The van der Waals surface area contributed by atoms with Crippen molar-refractivity contribution in [2.24, 2.45) is 0 Å². The summed E-state index contributed by atoms with van der Waals surface area (Å²) in [5.74, 6) is -0.0724. The number of hydrogen-bond acceptors (Lipinski definition) is 2. The van der Waals surface area contributed by atoms with E-state index < -0.39 is 0 Å². The maximum Gasteiger partial charge on any atom is 0.244 e. The van der Waals surface area contributed by atoms with Crippen LogP contribution in [0.15, 0.2) is 36.7 Å². The molecule has 0 aliphatic rings. The lowest BCUT2D eigenvalue weighted by Crippen LogP contribution is -2.24. The number of nitrogens with one attached hydrogen (secondary N) is 1. The topological polar surface area (TPSA) is 42.0 Å². The molecule has 0 fully saturated rings. The highest BCUT2D eigenvalue weighted by molar-refractivity contribution is 5.87. The van der Waals surface area contributed by atoms with Gasteiger partial charge in [-0.3, -0.25) is 9.78 Å². The molecule has 0 aliphatic heterocycles. The summed E-state index contributed by atoms with van der Waals surface area (Å²) in [5, 5.41) is 2.84. The molecule has 0 bridgehead atoms. The molecule has 1 amide bonds. The maximum absolute atomic E-state index is 11.2. The number of allylic oxidation sites excluding steroid dienone is 1. The van der Waals surface area contributed by atoms with Gasteiger partial charge >= 0.3 is 0 Å². The third kappa shape index (κ3) is 3.01. The molecular weight excluding hydrogens is 176 g/mol. The van der Waals surface area contributed by atoms with E-state index in [0.717, 1.165) is 5.56 Å². The SMILES string of the molecule is C/C=C/C(=O)N[C@@H](C)c1ccncc1. The number of aromatic nitrogens is 1. The predicted molar refractivity (Wildman–Crippen MR) is 55.6 cm³/mol. The van der Waals surface area contributed by atoms with Crippen molar-refractivity contribution in [3.63, 3.8) is 0 Å². The van der Waals surface area contributed by atoms with Crippen LogP contribution in [0.5, 0.6) is 0 Å². The number of rotatable bonds is 3. The van der Waals surface area contributed by atoms with Gasteiger partial charge in [0.2, 0.25) is 5.91 Å². The van der Waals surface area contributed by atoms with E-state index in [9.17, 15) is 4.79 Å². The molecule has 0 aromatic carbocycles. The number of pyridine rings is 1. The van der Waals surface area contributed by atoms with E-state index in [2.05, 4.69) is 10.3 Å². The second kappa shape index (κ2) is 5.17. The molecule has 1 N–H and O–H groups in total. The van der Waals surface area contributed by atoms with Crippen LogP contribution in [-0.4, -0.2) is 10.9 Å². The second-order valence-electron chi connectivity index (χ2n) is 3.01. The molecule has 0 spiro atoms. The summed E-state index contributed by atoms with van der Waals surface area (Å²) in [6, 6.07) is 3.79. The third-order valence-corrected chi connectivity index (χ3v) is 1.88. The van der Waals surface area contributed by atoms with Crippen molar-refractivity contribution in [3.8, 4) is 0 Å². The van der Waals surface area contributed by atoms with Gasteiger partial charge in [0.05, 0.1) is 6.04 Å². The van der Waals surface area contributed by atoms with E-state index >= 15 is 0 Å². The Morgan fingerprint density at radius 3 is 2.71 bits per heavy atom. The summed E-state index contributed by atoms with van der Waals surface area (Å²) in [6.07, 6.45) is 6.66. The van der Waals surface area contributed by atoms with Gasteiger partial charge in [-0.1, -0.05) is 6.08 Å². The monoisotopic (exact) mass is 190 g/mol. The summed E-state index contributed by atoms with van der Waals surface area (Å²) < 4.78 is 0. The molecule has 1 atom stereocenters. The van der Waals surface area contributed by atoms with Crippen LogP contribution >= 0.6 is 0 Å². The lowest BCUT2D eigenvalue weighted by Gasteiger charge is -2.11. The van der Waals surface area contributed by atoms with Crippen molar-refractivity contribution >= 4 is 5.91 Å². The van der Waals surface area contributed by atoms with Crippen LogP contribution < -0.4 is 5.32 Å². The van der Waals surface area contributed by atoms with Crippen LogP contribution in [-0.2, 0) is 4.79 Å². The Morgan fingerprint density at radius 2 is 2.14 bits per heavy atom. The Balaban J connectivity index is 2.59. The van der Waals surface area contributed by atoms with Crippen LogP contribution in [0.4, 0.5) is 0 Å². The van der Waals surface area contributed by atoms with E-state index in [1.807, 2.05) is 26.0 Å². The van der Waals surface area contributed by atoms with E-state index in [-0.39, 0.29) is 11.9 Å². The van der Waals surface area contributed by atoms with Gasteiger partial charge in [-0.05, 0) is 37.6 Å². The minimum atomic E-state index is -0.0724. The fourth-order valence-corrected chi connectivity index (χ4v) is 1.15. The molecule has 74 valence electrons. The van der Waals surface area contributed by atoms with Crippen LogP contribution in [0.3, 0.4) is 0 Å². The first-order valence-electron chi connectivity index (χ1n) is 4.57. The van der Waals surface area contributed by atoms with Gasteiger partial charge in [0.1, 0.15) is 0 Å². The first-order chi connectivity index (χ1) is 6.74. The maximum atomic E-state index is 11.2. The van der Waals surface area contributed by atoms with Gasteiger partial charge in [0.15, 0.2) is 0 Å². The highest BCUT2D eigenvalue weighted by Crippen LogP contribution is 2.09. The van der Waals surface area contributed by atoms with Crippen molar-refractivity contribution in [1.29, 1.82) is 0 Å². The minimum absolute atomic E-state index is 0.0155. The average molecular weight is 190 g/mol. The van der Waals surface area contributed by atoms with Gasteiger partial charge < -0.3 is 5.32 Å². The summed E-state index contributed by atoms with van der Waals surface area (Å²) >= 11 is 0. The first kappa shape index (κ1) is 10.4. The normalized spacial score (nSPS) is 12.7. The van der Waals surface area contributed by atoms with Crippen molar-refractivity contribution in [2.45, 2.75) is 19.9 Å². The molecule has 0 unspecified atom stereocenters. The Bertz CT molecular complexity index is 319. The molecule has 1 heterocycles. The van der Waals surface area contributed by atoms with Gasteiger partial charge in [0, 0.05) is 12.4 Å². The lowest BCUT2D eigenvalue weighted by atomic mass is 10.1. The van der Waals surface area contributed by atoms with E-state index in [1.54, 1.807) is 18.5 Å². The Labute approximate surface area is 83.9 Å². The van der Waals surface area contributed by atoms with Crippen molar-refractivity contribution in [2.75, 3.05) is 0 Å². The average Bonchev–Trinajstić information content (AvgIpc) is 2.19. The molecular formula is C11H14N2O. The molecule has 1 aromatic rings. The van der Waals surface area contributed by atoms with Gasteiger partial charge in [-0.15, -0.1) is 0 Å². The summed E-state index contributed by atoms with van der Waals surface area (Å²) in [4.78, 5) is 15.1. The Kier molecular flexibility index (Phi) is 3.85. The lowest BCUT2D eigenvalue weighted by molar-refractivity contribution is -0.117. The fourth-order valence-electron chi connectivity index (χ4n) is 1.15. The number of carbonyl (C=O) groups is 1. The molecule has 3 heteroatoms. The Morgan fingerprint density at radius 1 is 1.50 bits per heavy atom. The number of amides is 1. The van der Waals surface area contributed by atoms with Gasteiger partial charge in [-0.2, -0.15) is 0 Å². The second-order valence-corrected chi connectivity index (χ2v) is 3.01. The molecule has 1 rings (SSSR count). The van der Waals surface area contributed by atoms with Crippen LogP contribution in [0.25, 0.3) is 0 Å². The Hall–Kier alpha value is -1.64. The minimum Gasteiger partial charge on any atom is -0.346 e. The van der Waals surface area contributed by atoms with E-state index in [1.165, 1.54) is 6.08 Å². The summed E-state index contributed by atoms with van der Waals surface area (Å²) in [5.41, 5.74) is 1.05. The number of nitrogens with zero attached hydrogens (tertiary/aromatic N) is 1. The highest BCUT2D eigenvalue weighted by Gasteiger charge is 2.05. The van der Waals surface area contributed by atoms with Gasteiger partial charge in [0.25, 0.3) is 0 Å². The number of carbonyl (C=O) groups excluding carboxylic acids is 1. The quantitative estimate of drug-likeness (QED) is 0.739. The van der Waals surface area contributed by atoms with Crippen molar-refractivity contribution in [1.82, 2.24) is 10.3 Å². The van der Waals surface area contributed by atoms with Crippen LogP contribution in [0.2, 0.25) is 0 Å². The molecule has 0 saturated carbocycles. The summed E-state index contributed by atoms with van der Waals surface area (Å²) in [6.45, 7) is 3.76. The van der Waals surface area contributed by atoms with E-state index in [4.69, 9.17) is 0 Å². The molecule has 0 aliphatic carbocycles. The van der Waals surface area contributed by atoms with Crippen molar-refractivity contribution in [3.05, 3.63) is 42.2 Å². The highest BCUT2D eigenvalue weighted by atomic mass is 16.1. The standard InChI is InChI=1S/C11H14N2O/c1-3-4-11(14)13-9(2)10-5-7-12-8-6-10/h3-9H,1-2H3,(H,13,14)/b4-3+/t9-/m0/s1. The molecule has 1 aromatic heterocycles. The summed E-state index contributed by atoms with van der Waals surface area (Å²) in [7, 11) is 0. The van der Waals surface area contributed by atoms with E-state index in [0.29, 0.717) is 0 Å². The predicted octanol–water partition coefficient (Wildman–Crippen LogP) is 1.83. The van der Waals surface area contributed by atoms with Crippen molar-refractivity contribution < 1.29 is 4.79 Å². The van der Waals surface area contributed by atoms with Crippen LogP contribution in [0, 0.1) is 0 Å².